The Balaban J connectivity index is 2.41. The topological polar surface area (TPSA) is 0 Å². The summed E-state index contributed by atoms with van der Waals surface area (Å²) in [6.45, 7) is 10.5. The van der Waals surface area contributed by atoms with E-state index in [-0.39, 0.29) is 0 Å². The standard InChI is InChI=1S/C19H26/c1-16(2)10-8-11-17(3)12-9-13-18(4)19-14-6-5-7-15-19/h5-7,12-15H,1,8-11H2,2-4H3. The predicted molar refractivity (Wildman–Crippen MR) is 87.1 cm³/mol. The highest BCUT2D eigenvalue weighted by Crippen LogP contribution is 2.15. The van der Waals surface area contributed by atoms with Crippen LogP contribution < -0.4 is 0 Å². The van der Waals surface area contributed by atoms with Crippen LogP contribution in [-0.2, 0) is 0 Å². The maximum Gasteiger partial charge on any atom is -0.0161 e. The molecule has 0 aromatic heterocycles. The van der Waals surface area contributed by atoms with Gasteiger partial charge in [0, 0.05) is 0 Å². The minimum Gasteiger partial charge on any atom is -0.100 e. The van der Waals surface area contributed by atoms with Gasteiger partial charge in [-0.3, -0.25) is 0 Å². The van der Waals surface area contributed by atoms with Crippen LogP contribution in [0.1, 0.15) is 52.0 Å². The van der Waals surface area contributed by atoms with Crippen LogP contribution in [-0.4, -0.2) is 0 Å². The lowest BCUT2D eigenvalue weighted by Crippen LogP contribution is -1.81. The molecule has 0 N–H and O–H groups in total. The second-order valence-electron chi connectivity index (χ2n) is 5.35. The summed E-state index contributed by atoms with van der Waals surface area (Å²) in [5.41, 5.74) is 5.44. The Morgan fingerprint density at radius 3 is 2.32 bits per heavy atom. The minimum atomic E-state index is 1.03. The molecule has 0 nitrogen and oxygen atoms in total. The van der Waals surface area contributed by atoms with Gasteiger partial charge in [-0.25, -0.2) is 0 Å². The summed E-state index contributed by atoms with van der Waals surface area (Å²) >= 11 is 0. The van der Waals surface area contributed by atoms with Gasteiger partial charge < -0.3 is 0 Å². The van der Waals surface area contributed by atoms with Crippen molar-refractivity contribution in [1.29, 1.82) is 0 Å². The van der Waals surface area contributed by atoms with Crippen LogP contribution >= 0.6 is 0 Å². The van der Waals surface area contributed by atoms with Gasteiger partial charge >= 0.3 is 0 Å². The van der Waals surface area contributed by atoms with Gasteiger partial charge in [0.25, 0.3) is 0 Å². The largest absolute Gasteiger partial charge is 0.100 e. The molecular formula is C19H26. The Morgan fingerprint density at radius 1 is 1.00 bits per heavy atom. The average molecular weight is 254 g/mol. The maximum absolute atomic E-state index is 3.94. The van der Waals surface area contributed by atoms with Gasteiger partial charge in [-0.2, -0.15) is 0 Å². The van der Waals surface area contributed by atoms with Crippen molar-refractivity contribution in [2.24, 2.45) is 0 Å². The zero-order chi connectivity index (χ0) is 14.1. The van der Waals surface area contributed by atoms with E-state index in [0.29, 0.717) is 0 Å². The van der Waals surface area contributed by atoms with Gasteiger partial charge in [0.2, 0.25) is 0 Å². The fourth-order valence-corrected chi connectivity index (χ4v) is 2.03. The lowest BCUT2D eigenvalue weighted by Gasteiger charge is -2.02. The third kappa shape index (κ3) is 6.81. The van der Waals surface area contributed by atoms with Crippen molar-refractivity contribution in [3.8, 4) is 0 Å². The Kier molecular flexibility index (Phi) is 6.95. The van der Waals surface area contributed by atoms with E-state index in [2.05, 4.69) is 69.8 Å². The molecule has 1 rings (SSSR count). The summed E-state index contributed by atoms with van der Waals surface area (Å²) in [5.74, 6) is 0. The lowest BCUT2D eigenvalue weighted by molar-refractivity contribution is 0.803. The Hall–Kier alpha value is -1.56. The van der Waals surface area contributed by atoms with Gasteiger partial charge in [0.05, 0.1) is 0 Å². The maximum atomic E-state index is 3.94. The summed E-state index contributed by atoms with van der Waals surface area (Å²) in [6, 6.07) is 10.6. The number of benzene rings is 1. The fourth-order valence-electron chi connectivity index (χ4n) is 2.03. The molecule has 102 valence electrons. The number of hydrogen-bond donors (Lipinski definition) is 0. The van der Waals surface area contributed by atoms with Gasteiger partial charge in [-0.1, -0.05) is 53.6 Å². The molecule has 0 heterocycles. The summed E-state index contributed by atoms with van der Waals surface area (Å²) < 4.78 is 0. The van der Waals surface area contributed by atoms with Crippen molar-refractivity contribution in [1.82, 2.24) is 0 Å². The third-order valence-electron chi connectivity index (χ3n) is 3.29. The first-order valence-corrected chi connectivity index (χ1v) is 7.12. The summed E-state index contributed by atoms with van der Waals surface area (Å²) in [4.78, 5) is 0. The molecular weight excluding hydrogens is 228 g/mol. The zero-order valence-corrected chi connectivity index (χ0v) is 12.6. The van der Waals surface area contributed by atoms with Crippen molar-refractivity contribution in [3.05, 3.63) is 65.8 Å². The van der Waals surface area contributed by atoms with E-state index in [1.54, 1.807) is 0 Å². The SMILES string of the molecule is C=C(C)CCCC(C)=CCC=C(C)c1ccccc1. The third-order valence-corrected chi connectivity index (χ3v) is 3.29. The average Bonchev–Trinajstić information content (AvgIpc) is 2.39. The van der Waals surface area contributed by atoms with Crippen molar-refractivity contribution in [3.63, 3.8) is 0 Å². The molecule has 0 amide bonds. The first-order valence-electron chi connectivity index (χ1n) is 7.12. The van der Waals surface area contributed by atoms with Crippen LogP contribution in [0.5, 0.6) is 0 Å². The van der Waals surface area contributed by atoms with Crippen molar-refractivity contribution < 1.29 is 0 Å². The molecule has 0 aliphatic carbocycles. The highest BCUT2D eigenvalue weighted by molar-refractivity contribution is 5.63. The molecule has 0 unspecified atom stereocenters. The zero-order valence-electron chi connectivity index (χ0n) is 12.6. The molecule has 1 aromatic rings. The van der Waals surface area contributed by atoms with E-state index < -0.39 is 0 Å². The van der Waals surface area contributed by atoms with Gasteiger partial charge in [-0.05, 0) is 57.6 Å². The number of allylic oxidation sites excluding steroid dienone is 5. The molecule has 0 saturated heterocycles. The first-order chi connectivity index (χ1) is 9.09. The summed E-state index contributed by atoms with van der Waals surface area (Å²) in [6.07, 6.45) is 9.22. The highest BCUT2D eigenvalue weighted by atomic mass is 14.0. The molecule has 0 aliphatic heterocycles. The smallest absolute Gasteiger partial charge is 0.0161 e. The Morgan fingerprint density at radius 2 is 1.68 bits per heavy atom. The molecule has 0 heteroatoms. The van der Waals surface area contributed by atoms with E-state index in [1.165, 1.54) is 35.1 Å². The monoisotopic (exact) mass is 254 g/mol. The van der Waals surface area contributed by atoms with Crippen LogP contribution in [0.25, 0.3) is 5.57 Å². The van der Waals surface area contributed by atoms with Crippen LogP contribution in [0.4, 0.5) is 0 Å². The summed E-state index contributed by atoms with van der Waals surface area (Å²) in [7, 11) is 0. The number of hydrogen-bond acceptors (Lipinski definition) is 0. The van der Waals surface area contributed by atoms with E-state index in [0.717, 1.165) is 12.8 Å². The molecule has 0 bridgehead atoms. The molecule has 1 aromatic carbocycles. The van der Waals surface area contributed by atoms with E-state index in [9.17, 15) is 0 Å². The number of rotatable bonds is 7. The molecule has 0 radical (unpaired) electrons. The lowest BCUT2D eigenvalue weighted by atomic mass is 10.0. The predicted octanol–water partition coefficient (Wildman–Crippen LogP) is 6.17. The molecule has 0 fully saturated rings. The second kappa shape index (κ2) is 8.53. The quantitative estimate of drug-likeness (QED) is 0.510. The van der Waals surface area contributed by atoms with Gasteiger partial charge in [-0.15, -0.1) is 6.58 Å². The highest BCUT2D eigenvalue weighted by Gasteiger charge is 1.94. The van der Waals surface area contributed by atoms with Gasteiger partial charge in [0.15, 0.2) is 0 Å². The van der Waals surface area contributed by atoms with Crippen LogP contribution in [0, 0.1) is 0 Å². The van der Waals surface area contributed by atoms with Crippen LogP contribution in [0.3, 0.4) is 0 Å². The molecule has 0 atom stereocenters. The Labute approximate surface area is 118 Å². The van der Waals surface area contributed by atoms with E-state index >= 15 is 0 Å². The van der Waals surface area contributed by atoms with E-state index in [4.69, 9.17) is 0 Å². The van der Waals surface area contributed by atoms with Crippen molar-refractivity contribution in [2.45, 2.75) is 46.5 Å². The second-order valence-corrected chi connectivity index (χ2v) is 5.35. The summed E-state index contributed by atoms with van der Waals surface area (Å²) in [5, 5.41) is 0. The first kappa shape index (κ1) is 15.5. The molecule has 0 saturated carbocycles. The molecule has 0 spiro atoms. The van der Waals surface area contributed by atoms with Crippen molar-refractivity contribution in [2.75, 3.05) is 0 Å². The van der Waals surface area contributed by atoms with E-state index in [1.807, 2.05) is 0 Å². The Bertz CT molecular complexity index is 446. The van der Waals surface area contributed by atoms with Crippen LogP contribution in [0.15, 0.2) is 60.2 Å². The molecule has 19 heavy (non-hydrogen) atoms. The normalized spacial score (nSPS) is 12.6. The minimum absolute atomic E-state index is 1.03. The van der Waals surface area contributed by atoms with Crippen molar-refractivity contribution >= 4 is 5.57 Å². The molecule has 0 aliphatic rings. The fraction of sp³-hybridized carbons (Fsp3) is 0.368. The van der Waals surface area contributed by atoms with Crippen LogP contribution in [0.2, 0.25) is 0 Å². The van der Waals surface area contributed by atoms with Gasteiger partial charge in [0.1, 0.15) is 0 Å².